The van der Waals surface area contributed by atoms with Gasteiger partial charge in [0.2, 0.25) is 0 Å². The summed E-state index contributed by atoms with van der Waals surface area (Å²) in [4.78, 5) is 11.6. The number of hydrogen-bond donors (Lipinski definition) is 2. The van der Waals surface area contributed by atoms with Crippen molar-refractivity contribution in [2.45, 2.75) is 19.3 Å². The van der Waals surface area contributed by atoms with E-state index in [1.165, 1.54) is 0 Å². The SMILES string of the molecule is O=C(CCS)[N+]1(CO)CCCC1. The summed E-state index contributed by atoms with van der Waals surface area (Å²) in [5, 5.41) is 9.14. The lowest BCUT2D eigenvalue weighted by molar-refractivity contribution is -0.862. The number of likely N-dealkylation sites (tertiary alicyclic amines) is 1. The third-order valence-electron chi connectivity index (χ3n) is 2.55. The zero-order valence-electron chi connectivity index (χ0n) is 7.20. The first-order valence-electron chi connectivity index (χ1n) is 4.36. The molecule has 1 rings (SSSR count). The molecule has 1 aliphatic rings. The molecule has 0 aromatic rings. The lowest BCUT2D eigenvalue weighted by Crippen LogP contribution is -2.51. The monoisotopic (exact) mass is 190 g/mol. The van der Waals surface area contributed by atoms with Crippen molar-refractivity contribution in [1.82, 2.24) is 0 Å². The fourth-order valence-corrected chi connectivity index (χ4v) is 1.93. The van der Waals surface area contributed by atoms with Gasteiger partial charge in [0.05, 0.1) is 19.5 Å². The van der Waals surface area contributed by atoms with E-state index < -0.39 is 0 Å². The Morgan fingerprint density at radius 2 is 2.00 bits per heavy atom. The quantitative estimate of drug-likeness (QED) is 0.499. The van der Waals surface area contributed by atoms with E-state index in [0.29, 0.717) is 12.2 Å². The van der Waals surface area contributed by atoms with Crippen LogP contribution in [0, 0.1) is 0 Å². The maximum absolute atomic E-state index is 11.6. The van der Waals surface area contributed by atoms with Gasteiger partial charge in [-0.2, -0.15) is 12.6 Å². The second kappa shape index (κ2) is 4.25. The smallest absolute Gasteiger partial charge is 0.316 e. The molecule has 0 unspecified atom stereocenters. The molecule has 1 N–H and O–H groups in total. The number of aliphatic hydroxyl groups is 1. The van der Waals surface area contributed by atoms with Crippen LogP contribution in [0.1, 0.15) is 19.3 Å². The molecule has 3 nitrogen and oxygen atoms in total. The van der Waals surface area contributed by atoms with E-state index >= 15 is 0 Å². The van der Waals surface area contributed by atoms with Crippen molar-refractivity contribution in [2.75, 3.05) is 25.6 Å². The normalized spacial score (nSPS) is 21.2. The summed E-state index contributed by atoms with van der Waals surface area (Å²) in [5.74, 6) is 0.726. The molecule has 0 aromatic heterocycles. The van der Waals surface area contributed by atoms with Crippen LogP contribution < -0.4 is 0 Å². The van der Waals surface area contributed by atoms with Gasteiger partial charge < -0.3 is 5.11 Å². The van der Waals surface area contributed by atoms with Crippen LogP contribution in [0.25, 0.3) is 0 Å². The molecule has 70 valence electrons. The van der Waals surface area contributed by atoms with E-state index in [9.17, 15) is 4.79 Å². The van der Waals surface area contributed by atoms with Crippen LogP contribution in [0.5, 0.6) is 0 Å². The van der Waals surface area contributed by atoms with Gasteiger partial charge in [0.25, 0.3) is 0 Å². The minimum atomic E-state index is -0.0351. The first-order valence-corrected chi connectivity index (χ1v) is 4.99. The number of carbonyl (C=O) groups excluding carboxylic acids is 1. The number of amides is 1. The Kier molecular flexibility index (Phi) is 3.55. The zero-order chi connectivity index (χ0) is 9.03. The van der Waals surface area contributed by atoms with Crippen molar-refractivity contribution < 1.29 is 14.4 Å². The Balaban J connectivity index is 2.59. The van der Waals surface area contributed by atoms with Crippen molar-refractivity contribution in [3.8, 4) is 0 Å². The fraction of sp³-hybridized carbons (Fsp3) is 0.875. The number of thiol groups is 1. The maximum atomic E-state index is 11.6. The second-order valence-electron chi connectivity index (χ2n) is 3.31. The van der Waals surface area contributed by atoms with Crippen LogP contribution in [-0.4, -0.2) is 41.1 Å². The average molecular weight is 190 g/mol. The van der Waals surface area contributed by atoms with Crippen molar-refractivity contribution in [3.63, 3.8) is 0 Å². The highest BCUT2D eigenvalue weighted by Gasteiger charge is 2.38. The van der Waals surface area contributed by atoms with Gasteiger partial charge in [-0.1, -0.05) is 0 Å². The van der Waals surface area contributed by atoms with Crippen molar-refractivity contribution in [3.05, 3.63) is 0 Å². The van der Waals surface area contributed by atoms with Crippen molar-refractivity contribution in [2.24, 2.45) is 0 Å². The van der Waals surface area contributed by atoms with Gasteiger partial charge in [0.1, 0.15) is 0 Å². The molecule has 0 aromatic carbocycles. The summed E-state index contributed by atoms with van der Waals surface area (Å²) < 4.78 is 0.278. The summed E-state index contributed by atoms with van der Waals surface area (Å²) in [6.45, 7) is 1.58. The molecule has 0 atom stereocenters. The molecule has 0 spiro atoms. The molecule has 1 saturated heterocycles. The van der Waals surface area contributed by atoms with Crippen molar-refractivity contribution >= 4 is 18.5 Å². The summed E-state index contributed by atoms with van der Waals surface area (Å²) >= 11 is 4.02. The minimum Gasteiger partial charge on any atom is -0.347 e. The van der Waals surface area contributed by atoms with Crippen molar-refractivity contribution in [1.29, 1.82) is 0 Å². The second-order valence-corrected chi connectivity index (χ2v) is 3.76. The lowest BCUT2D eigenvalue weighted by Gasteiger charge is -2.28. The minimum absolute atomic E-state index is 0.0351. The molecular formula is C8H16NO2S+. The largest absolute Gasteiger partial charge is 0.347 e. The first-order chi connectivity index (χ1) is 5.75. The summed E-state index contributed by atoms with van der Waals surface area (Å²) in [7, 11) is 0. The molecular weight excluding hydrogens is 174 g/mol. The number of rotatable bonds is 3. The first kappa shape index (κ1) is 10.0. The Morgan fingerprint density at radius 3 is 2.42 bits per heavy atom. The van der Waals surface area contributed by atoms with Crippen LogP contribution in [-0.2, 0) is 4.79 Å². The number of carbonyl (C=O) groups is 1. The molecule has 0 saturated carbocycles. The van der Waals surface area contributed by atoms with E-state index in [-0.39, 0.29) is 17.1 Å². The van der Waals surface area contributed by atoms with E-state index in [4.69, 9.17) is 5.11 Å². The van der Waals surface area contributed by atoms with Crippen LogP contribution in [0.4, 0.5) is 0 Å². The average Bonchev–Trinajstić information content (AvgIpc) is 2.54. The topological polar surface area (TPSA) is 37.3 Å². The summed E-state index contributed by atoms with van der Waals surface area (Å²) in [6, 6.07) is 0. The van der Waals surface area contributed by atoms with E-state index in [1.54, 1.807) is 0 Å². The highest BCUT2D eigenvalue weighted by Crippen LogP contribution is 2.20. The third-order valence-corrected chi connectivity index (χ3v) is 2.77. The number of hydrogen-bond acceptors (Lipinski definition) is 3. The van der Waals surface area contributed by atoms with Crippen LogP contribution in [0.15, 0.2) is 0 Å². The maximum Gasteiger partial charge on any atom is 0.316 e. The highest BCUT2D eigenvalue weighted by molar-refractivity contribution is 7.80. The van der Waals surface area contributed by atoms with E-state index in [0.717, 1.165) is 25.9 Å². The zero-order valence-corrected chi connectivity index (χ0v) is 8.09. The molecule has 1 amide bonds. The van der Waals surface area contributed by atoms with Gasteiger partial charge in [-0.3, -0.25) is 0 Å². The van der Waals surface area contributed by atoms with Gasteiger partial charge in [-0.25, -0.2) is 9.28 Å². The Morgan fingerprint density at radius 1 is 1.42 bits per heavy atom. The van der Waals surface area contributed by atoms with Gasteiger partial charge in [0.15, 0.2) is 6.73 Å². The Bertz CT molecular complexity index is 166. The standard InChI is InChI=1S/C8H15NO2S/c10-7-9(4-1-2-5-9)8(11)3-6-12/h10H,1-7H2/p+1. The molecule has 0 bridgehead atoms. The van der Waals surface area contributed by atoms with Gasteiger partial charge in [-0.15, -0.1) is 0 Å². The molecule has 1 aliphatic heterocycles. The Hall–Kier alpha value is -0.0600. The third kappa shape index (κ3) is 1.81. The van der Waals surface area contributed by atoms with Gasteiger partial charge >= 0.3 is 5.91 Å². The molecule has 0 radical (unpaired) electrons. The van der Waals surface area contributed by atoms with Gasteiger partial charge in [0, 0.05) is 18.6 Å². The summed E-state index contributed by atoms with van der Waals surface area (Å²) in [5.41, 5.74) is 0. The molecule has 1 heterocycles. The predicted octanol–water partition coefficient (Wildman–Crippen LogP) is 0.393. The molecule has 0 aliphatic carbocycles. The number of aliphatic hydroxyl groups excluding tert-OH is 1. The molecule has 12 heavy (non-hydrogen) atoms. The van der Waals surface area contributed by atoms with Gasteiger partial charge in [-0.05, 0) is 0 Å². The number of quaternary nitrogens is 1. The van der Waals surface area contributed by atoms with Crippen LogP contribution in [0.3, 0.4) is 0 Å². The van der Waals surface area contributed by atoms with E-state index in [1.807, 2.05) is 0 Å². The number of nitrogens with zero attached hydrogens (tertiary/aromatic N) is 1. The lowest BCUT2D eigenvalue weighted by atomic mass is 10.3. The Labute approximate surface area is 78.4 Å². The van der Waals surface area contributed by atoms with E-state index in [2.05, 4.69) is 12.6 Å². The summed E-state index contributed by atoms with van der Waals surface area (Å²) in [6.07, 6.45) is 2.58. The predicted molar refractivity (Wildman–Crippen MR) is 49.8 cm³/mol. The highest BCUT2D eigenvalue weighted by atomic mass is 32.1. The van der Waals surface area contributed by atoms with Crippen LogP contribution >= 0.6 is 12.6 Å². The molecule has 1 fully saturated rings. The van der Waals surface area contributed by atoms with Crippen LogP contribution in [0.2, 0.25) is 0 Å². The molecule has 4 heteroatoms. The fourth-order valence-electron chi connectivity index (χ4n) is 1.74.